The van der Waals surface area contributed by atoms with Crippen molar-refractivity contribution < 1.29 is 24.2 Å². The van der Waals surface area contributed by atoms with Gasteiger partial charge in [-0.05, 0) is 55.3 Å². The normalized spacial score (nSPS) is 11.6. The molecule has 0 bridgehead atoms. The van der Waals surface area contributed by atoms with Gasteiger partial charge in [0.15, 0.2) is 17.3 Å². The number of ether oxygens (including phenoxy) is 2. The number of phenols is 1. The molecular weight excluding hydrogens is 320 g/mol. The SMILES string of the molecule is COc1ccc(C(=O)C(C)C(=O)CCc2ccc(O)c(OC)c2)cc1. The van der Waals surface area contributed by atoms with Gasteiger partial charge in [0.1, 0.15) is 11.5 Å². The summed E-state index contributed by atoms with van der Waals surface area (Å²) in [5.41, 5.74) is 1.36. The van der Waals surface area contributed by atoms with Crippen LogP contribution in [0.3, 0.4) is 0 Å². The van der Waals surface area contributed by atoms with Crippen LogP contribution in [0.1, 0.15) is 29.3 Å². The molecule has 0 fully saturated rings. The van der Waals surface area contributed by atoms with E-state index in [9.17, 15) is 14.7 Å². The Kier molecular flexibility index (Phi) is 6.17. The number of methoxy groups -OCH3 is 2. The molecule has 25 heavy (non-hydrogen) atoms. The fourth-order valence-electron chi connectivity index (χ4n) is 2.51. The maximum absolute atomic E-state index is 12.4. The molecule has 0 heterocycles. The lowest BCUT2D eigenvalue weighted by Crippen LogP contribution is -2.21. The van der Waals surface area contributed by atoms with Crippen molar-refractivity contribution in [1.29, 1.82) is 0 Å². The van der Waals surface area contributed by atoms with Crippen molar-refractivity contribution in [2.75, 3.05) is 14.2 Å². The van der Waals surface area contributed by atoms with Gasteiger partial charge in [-0.15, -0.1) is 0 Å². The summed E-state index contributed by atoms with van der Waals surface area (Å²) in [6, 6.07) is 11.7. The zero-order chi connectivity index (χ0) is 18.4. The minimum atomic E-state index is -0.701. The molecule has 5 nitrogen and oxygen atoms in total. The van der Waals surface area contributed by atoms with Gasteiger partial charge in [-0.1, -0.05) is 6.07 Å². The van der Waals surface area contributed by atoms with E-state index in [-0.39, 0.29) is 23.7 Å². The van der Waals surface area contributed by atoms with E-state index in [2.05, 4.69) is 0 Å². The zero-order valence-electron chi connectivity index (χ0n) is 14.6. The van der Waals surface area contributed by atoms with E-state index in [0.29, 0.717) is 23.5 Å². The summed E-state index contributed by atoms with van der Waals surface area (Å²) in [7, 11) is 3.03. The second-order valence-corrected chi connectivity index (χ2v) is 5.79. The first kappa shape index (κ1) is 18.5. The molecule has 0 aliphatic carbocycles. The second-order valence-electron chi connectivity index (χ2n) is 5.79. The van der Waals surface area contributed by atoms with Gasteiger partial charge in [0.25, 0.3) is 0 Å². The van der Waals surface area contributed by atoms with Crippen LogP contribution in [0.5, 0.6) is 17.2 Å². The number of ketones is 2. The minimum absolute atomic E-state index is 0.0561. The number of aromatic hydroxyl groups is 1. The van der Waals surface area contributed by atoms with Crippen LogP contribution in [0, 0.1) is 5.92 Å². The van der Waals surface area contributed by atoms with Crippen LogP contribution in [0.4, 0.5) is 0 Å². The first-order chi connectivity index (χ1) is 12.0. The molecule has 0 aliphatic rings. The average molecular weight is 342 g/mol. The van der Waals surface area contributed by atoms with Gasteiger partial charge in [-0.2, -0.15) is 0 Å². The third kappa shape index (κ3) is 4.59. The number of benzene rings is 2. The molecule has 5 heteroatoms. The monoisotopic (exact) mass is 342 g/mol. The Morgan fingerprint density at radius 2 is 1.72 bits per heavy atom. The van der Waals surface area contributed by atoms with Gasteiger partial charge in [0.2, 0.25) is 0 Å². The summed E-state index contributed by atoms with van der Waals surface area (Å²) in [5, 5.41) is 9.59. The number of carbonyl (C=O) groups excluding carboxylic acids is 2. The highest BCUT2D eigenvalue weighted by Gasteiger charge is 2.22. The van der Waals surface area contributed by atoms with Gasteiger partial charge in [-0.25, -0.2) is 0 Å². The van der Waals surface area contributed by atoms with Gasteiger partial charge < -0.3 is 14.6 Å². The van der Waals surface area contributed by atoms with E-state index in [1.165, 1.54) is 13.2 Å². The summed E-state index contributed by atoms with van der Waals surface area (Å²) in [5.74, 6) is 0.0703. The van der Waals surface area contributed by atoms with Crippen molar-refractivity contribution in [3.8, 4) is 17.2 Å². The lowest BCUT2D eigenvalue weighted by atomic mass is 9.92. The molecule has 0 aliphatic heterocycles. The maximum atomic E-state index is 12.4. The van der Waals surface area contributed by atoms with E-state index < -0.39 is 5.92 Å². The van der Waals surface area contributed by atoms with E-state index in [0.717, 1.165) is 5.56 Å². The molecular formula is C20H22O5. The van der Waals surface area contributed by atoms with Crippen molar-refractivity contribution in [3.05, 3.63) is 53.6 Å². The number of phenolic OH excluding ortho intramolecular Hbond substituents is 1. The molecule has 0 saturated heterocycles. The van der Waals surface area contributed by atoms with Gasteiger partial charge in [0, 0.05) is 12.0 Å². The van der Waals surface area contributed by atoms with E-state index in [1.807, 2.05) is 0 Å². The number of hydrogen-bond donors (Lipinski definition) is 1. The predicted molar refractivity (Wildman–Crippen MR) is 94.5 cm³/mol. The molecule has 1 atom stereocenters. The van der Waals surface area contributed by atoms with Crippen molar-refractivity contribution in [3.63, 3.8) is 0 Å². The minimum Gasteiger partial charge on any atom is -0.504 e. The van der Waals surface area contributed by atoms with Gasteiger partial charge in [0.05, 0.1) is 20.1 Å². The smallest absolute Gasteiger partial charge is 0.173 e. The largest absolute Gasteiger partial charge is 0.504 e. The lowest BCUT2D eigenvalue weighted by molar-refractivity contribution is -0.121. The van der Waals surface area contributed by atoms with Crippen LogP contribution in [0.25, 0.3) is 0 Å². The Balaban J connectivity index is 1.98. The first-order valence-corrected chi connectivity index (χ1v) is 8.03. The summed E-state index contributed by atoms with van der Waals surface area (Å²) < 4.78 is 10.1. The maximum Gasteiger partial charge on any atom is 0.173 e. The molecule has 0 radical (unpaired) electrons. The Morgan fingerprint density at radius 1 is 1.04 bits per heavy atom. The zero-order valence-corrected chi connectivity index (χ0v) is 14.6. The molecule has 2 aromatic rings. The Hall–Kier alpha value is -2.82. The first-order valence-electron chi connectivity index (χ1n) is 8.03. The van der Waals surface area contributed by atoms with Crippen molar-refractivity contribution >= 4 is 11.6 Å². The molecule has 1 N–H and O–H groups in total. The van der Waals surface area contributed by atoms with Crippen LogP contribution in [0.15, 0.2) is 42.5 Å². The molecule has 0 amide bonds. The summed E-state index contributed by atoms with van der Waals surface area (Å²) in [6.07, 6.45) is 0.729. The highest BCUT2D eigenvalue weighted by atomic mass is 16.5. The molecule has 0 saturated carbocycles. The summed E-state index contributed by atoms with van der Waals surface area (Å²) >= 11 is 0. The standard InChI is InChI=1S/C20H22O5/c1-13(20(23)15-6-8-16(24-2)9-7-15)17(21)10-4-14-5-11-18(22)19(12-14)25-3/h5-9,11-13,22H,4,10H2,1-3H3. The van der Waals surface area contributed by atoms with E-state index >= 15 is 0 Å². The van der Waals surface area contributed by atoms with Crippen LogP contribution < -0.4 is 9.47 Å². The molecule has 0 aromatic heterocycles. The number of aryl methyl sites for hydroxylation is 1. The molecule has 2 rings (SSSR count). The lowest BCUT2D eigenvalue weighted by Gasteiger charge is -2.11. The highest BCUT2D eigenvalue weighted by Crippen LogP contribution is 2.27. The molecule has 0 spiro atoms. The molecule has 1 unspecified atom stereocenters. The third-order valence-corrected chi connectivity index (χ3v) is 4.15. The van der Waals surface area contributed by atoms with Crippen molar-refractivity contribution in [1.82, 2.24) is 0 Å². The summed E-state index contributed by atoms with van der Waals surface area (Å²) in [4.78, 5) is 24.8. The van der Waals surface area contributed by atoms with E-state index in [1.54, 1.807) is 50.4 Å². The van der Waals surface area contributed by atoms with Crippen molar-refractivity contribution in [2.45, 2.75) is 19.8 Å². The van der Waals surface area contributed by atoms with Gasteiger partial charge in [-0.3, -0.25) is 9.59 Å². The third-order valence-electron chi connectivity index (χ3n) is 4.15. The Morgan fingerprint density at radius 3 is 2.32 bits per heavy atom. The fourth-order valence-corrected chi connectivity index (χ4v) is 2.51. The highest BCUT2D eigenvalue weighted by molar-refractivity contribution is 6.10. The number of rotatable bonds is 8. The summed E-state index contributed by atoms with van der Waals surface area (Å²) in [6.45, 7) is 1.63. The average Bonchev–Trinajstić information content (AvgIpc) is 2.65. The Bertz CT molecular complexity index is 749. The Labute approximate surface area is 147 Å². The van der Waals surface area contributed by atoms with E-state index in [4.69, 9.17) is 9.47 Å². The quantitative estimate of drug-likeness (QED) is 0.588. The molecule has 2 aromatic carbocycles. The van der Waals surface area contributed by atoms with Crippen LogP contribution in [-0.4, -0.2) is 30.9 Å². The topological polar surface area (TPSA) is 72.8 Å². The van der Waals surface area contributed by atoms with Gasteiger partial charge >= 0.3 is 0 Å². The van der Waals surface area contributed by atoms with Crippen molar-refractivity contribution in [2.24, 2.45) is 5.92 Å². The number of Topliss-reactive ketones (excluding diaryl/α,β-unsaturated/α-hetero) is 2. The van der Waals surface area contributed by atoms with Crippen LogP contribution >= 0.6 is 0 Å². The number of carbonyl (C=O) groups is 2. The predicted octanol–water partition coefficient (Wildman–Crippen LogP) is 3.43. The van der Waals surface area contributed by atoms with Crippen LogP contribution in [-0.2, 0) is 11.2 Å². The molecule has 132 valence electrons. The second kappa shape index (κ2) is 8.33. The van der Waals surface area contributed by atoms with Crippen LogP contribution in [0.2, 0.25) is 0 Å². The fraction of sp³-hybridized carbons (Fsp3) is 0.300. The number of hydrogen-bond acceptors (Lipinski definition) is 5.